The van der Waals surface area contributed by atoms with Gasteiger partial charge in [-0.05, 0) is 68.6 Å². The summed E-state index contributed by atoms with van der Waals surface area (Å²) in [7, 11) is 0. The Morgan fingerprint density at radius 2 is 1.89 bits per heavy atom. The van der Waals surface area contributed by atoms with Gasteiger partial charge in [0.2, 0.25) is 5.91 Å². The van der Waals surface area contributed by atoms with Gasteiger partial charge in [-0.1, -0.05) is 39.5 Å². The summed E-state index contributed by atoms with van der Waals surface area (Å²) in [5, 5.41) is 10.8. The first-order valence-electron chi connectivity index (χ1n) is 17.5. The van der Waals surface area contributed by atoms with E-state index in [0.29, 0.717) is 41.4 Å². The summed E-state index contributed by atoms with van der Waals surface area (Å²) in [5.74, 6) is 0.868. The highest BCUT2D eigenvalue weighted by Crippen LogP contribution is 2.43. The van der Waals surface area contributed by atoms with Crippen LogP contribution in [0.2, 0.25) is 0 Å². The Hall–Kier alpha value is -1.27. The van der Waals surface area contributed by atoms with Crippen molar-refractivity contribution in [3.05, 3.63) is 11.4 Å². The smallest absolute Gasteiger partial charge is 0.232 e. The standard InChI is InChI=1S/C33H57F2N7OS/c1-3-12-33(4-2)13-9-23(34)19-39-25(18-33)26(30(36)37)31(43)41-28-27(21-7-5-6-8-21)40-20-24(35)29(28)42-15-10-22(11-16-42)32-38-14-17-44-32/h19,21-27,30,32,38,40H,3-18,20,36-37H2,1-2H3,(H,41,43). The number of alkyl halides is 2. The van der Waals surface area contributed by atoms with Gasteiger partial charge in [0.1, 0.15) is 6.17 Å². The highest BCUT2D eigenvalue weighted by atomic mass is 32.2. The lowest BCUT2D eigenvalue weighted by Crippen LogP contribution is -2.58. The van der Waals surface area contributed by atoms with E-state index in [1.54, 1.807) is 0 Å². The topological polar surface area (TPSA) is 121 Å². The van der Waals surface area contributed by atoms with Crippen molar-refractivity contribution in [1.82, 2.24) is 20.9 Å². The van der Waals surface area contributed by atoms with Crippen LogP contribution in [0.25, 0.3) is 0 Å². The highest BCUT2D eigenvalue weighted by molar-refractivity contribution is 8.00. The van der Waals surface area contributed by atoms with Crippen LogP contribution in [0.1, 0.15) is 90.9 Å². The Balaban J connectivity index is 1.44. The molecule has 4 heterocycles. The van der Waals surface area contributed by atoms with Gasteiger partial charge in [0, 0.05) is 38.1 Å². The molecule has 1 saturated carbocycles. The van der Waals surface area contributed by atoms with Gasteiger partial charge in [-0.25, -0.2) is 8.78 Å². The molecular weight excluding hydrogens is 580 g/mol. The zero-order valence-electron chi connectivity index (χ0n) is 26.9. The number of rotatable bonds is 10. The maximum atomic E-state index is 16.0. The van der Waals surface area contributed by atoms with E-state index < -0.39 is 30.5 Å². The molecule has 4 aliphatic heterocycles. The van der Waals surface area contributed by atoms with Crippen molar-refractivity contribution in [2.45, 2.75) is 127 Å². The maximum Gasteiger partial charge on any atom is 0.232 e. The van der Waals surface area contributed by atoms with Crippen LogP contribution in [0, 0.1) is 23.2 Å². The predicted molar refractivity (Wildman–Crippen MR) is 177 cm³/mol. The molecule has 7 N–H and O–H groups in total. The number of hydrogen-bond acceptors (Lipinski definition) is 8. The molecule has 44 heavy (non-hydrogen) atoms. The van der Waals surface area contributed by atoms with Gasteiger partial charge in [0.15, 0.2) is 6.17 Å². The largest absolute Gasteiger partial charge is 0.371 e. The van der Waals surface area contributed by atoms with Crippen LogP contribution in [0.15, 0.2) is 16.4 Å². The van der Waals surface area contributed by atoms with Crippen molar-refractivity contribution in [3.8, 4) is 0 Å². The van der Waals surface area contributed by atoms with Gasteiger partial charge in [0.25, 0.3) is 0 Å². The summed E-state index contributed by atoms with van der Waals surface area (Å²) in [5.41, 5.74) is 13.9. The minimum absolute atomic E-state index is 0.126. The minimum atomic E-state index is -1.22. The van der Waals surface area contributed by atoms with Crippen molar-refractivity contribution < 1.29 is 13.6 Å². The van der Waals surface area contributed by atoms with E-state index in [1.807, 2.05) is 11.8 Å². The average molecular weight is 638 g/mol. The van der Waals surface area contributed by atoms with E-state index in [1.165, 1.54) is 6.21 Å². The zero-order chi connectivity index (χ0) is 31.3. The third-order valence-corrected chi connectivity index (χ3v) is 12.6. The van der Waals surface area contributed by atoms with Crippen molar-refractivity contribution in [2.24, 2.45) is 39.6 Å². The first-order chi connectivity index (χ1) is 21.2. The van der Waals surface area contributed by atoms with E-state index in [4.69, 9.17) is 11.5 Å². The van der Waals surface area contributed by atoms with Gasteiger partial charge in [-0.15, -0.1) is 11.8 Å². The molecular formula is C33H57F2N7OS. The SMILES string of the molecule is CCCC1(CC)CCC(F)C=NC(C(C(=O)NC2=C(N3CCC(C4NCCS4)CC3)C(F)CNC2C2CCCC2)C(N)N)C1. The summed E-state index contributed by atoms with van der Waals surface area (Å²) >= 11 is 2.00. The fourth-order valence-corrected chi connectivity index (χ4v) is 10.0. The molecule has 0 aromatic carbocycles. The van der Waals surface area contributed by atoms with Crippen LogP contribution >= 0.6 is 11.8 Å². The molecule has 2 saturated heterocycles. The fraction of sp³-hybridized carbons (Fsp3) is 0.879. The quantitative estimate of drug-likeness (QED) is 0.228. The number of aliphatic imine (C=N–C) groups is 1. The summed E-state index contributed by atoms with van der Waals surface area (Å²) in [6.45, 7) is 7.14. The van der Waals surface area contributed by atoms with Gasteiger partial charge in [-0.2, -0.15) is 0 Å². The molecule has 0 spiro atoms. The van der Waals surface area contributed by atoms with Gasteiger partial charge in [0.05, 0.1) is 40.9 Å². The molecule has 7 unspecified atom stereocenters. The third-order valence-electron chi connectivity index (χ3n) is 11.3. The van der Waals surface area contributed by atoms with Crippen LogP contribution in [0.4, 0.5) is 8.78 Å². The Morgan fingerprint density at radius 1 is 1.14 bits per heavy atom. The van der Waals surface area contributed by atoms with Crippen LogP contribution in [-0.2, 0) is 4.79 Å². The Morgan fingerprint density at radius 3 is 2.52 bits per heavy atom. The lowest BCUT2D eigenvalue weighted by Gasteiger charge is -2.44. The van der Waals surface area contributed by atoms with Crippen molar-refractivity contribution in [1.29, 1.82) is 0 Å². The van der Waals surface area contributed by atoms with Crippen molar-refractivity contribution >= 4 is 23.9 Å². The number of thioether (sulfide) groups is 1. The highest BCUT2D eigenvalue weighted by Gasteiger charge is 2.44. The molecule has 5 aliphatic rings. The van der Waals surface area contributed by atoms with Gasteiger partial charge < -0.3 is 32.3 Å². The molecule has 5 rings (SSSR count). The van der Waals surface area contributed by atoms with Crippen LogP contribution in [-0.4, -0.2) is 84.9 Å². The summed E-state index contributed by atoms with van der Waals surface area (Å²) in [4.78, 5) is 21.2. The van der Waals surface area contributed by atoms with E-state index in [0.717, 1.165) is 89.6 Å². The second-order valence-electron chi connectivity index (χ2n) is 14.1. The molecule has 7 atom stereocenters. The predicted octanol–water partition coefficient (Wildman–Crippen LogP) is 4.21. The lowest BCUT2D eigenvalue weighted by molar-refractivity contribution is -0.126. The van der Waals surface area contributed by atoms with E-state index in [2.05, 4.69) is 39.7 Å². The van der Waals surface area contributed by atoms with Gasteiger partial charge in [-0.3, -0.25) is 9.79 Å². The van der Waals surface area contributed by atoms with E-state index in [9.17, 15) is 9.18 Å². The number of halogens is 2. The van der Waals surface area contributed by atoms with Crippen LogP contribution in [0.5, 0.6) is 0 Å². The number of nitrogens with two attached hydrogens (primary N) is 2. The summed E-state index contributed by atoms with van der Waals surface area (Å²) in [6, 6.07) is -0.673. The first-order valence-corrected chi connectivity index (χ1v) is 18.5. The number of amides is 1. The Kier molecular flexibility index (Phi) is 12.0. The second kappa shape index (κ2) is 15.5. The second-order valence-corrected chi connectivity index (χ2v) is 15.3. The third kappa shape index (κ3) is 7.81. The average Bonchev–Trinajstić information content (AvgIpc) is 3.74. The molecule has 3 fully saturated rings. The number of piperidine rings is 1. The lowest BCUT2D eigenvalue weighted by atomic mass is 9.69. The van der Waals surface area contributed by atoms with E-state index >= 15 is 4.39 Å². The number of nitrogens with zero attached hydrogens (tertiary/aromatic N) is 2. The molecule has 0 radical (unpaired) electrons. The number of likely N-dealkylation sites (tertiary alicyclic amines) is 1. The Bertz CT molecular complexity index is 1010. The fourth-order valence-electron chi connectivity index (χ4n) is 8.77. The monoisotopic (exact) mass is 637 g/mol. The first kappa shape index (κ1) is 34.1. The molecule has 11 heteroatoms. The minimum Gasteiger partial charge on any atom is -0.371 e. The molecule has 1 aliphatic carbocycles. The number of carbonyl (C=O) groups excluding carboxylic acids is 1. The number of hydrogen-bond donors (Lipinski definition) is 5. The van der Waals surface area contributed by atoms with Crippen molar-refractivity contribution in [2.75, 3.05) is 31.9 Å². The van der Waals surface area contributed by atoms with Crippen LogP contribution in [0.3, 0.4) is 0 Å². The number of carbonyl (C=O) groups is 1. The van der Waals surface area contributed by atoms with Gasteiger partial charge >= 0.3 is 0 Å². The summed E-state index contributed by atoms with van der Waals surface area (Å²) < 4.78 is 30.9. The normalized spacial score (nSPS) is 35.2. The molecule has 1 amide bonds. The molecule has 250 valence electrons. The molecule has 0 aromatic heterocycles. The molecule has 0 bridgehead atoms. The van der Waals surface area contributed by atoms with E-state index in [-0.39, 0.29) is 23.9 Å². The molecule has 0 aromatic rings. The zero-order valence-corrected chi connectivity index (χ0v) is 27.7. The maximum absolute atomic E-state index is 16.0. The van der Waals surface area contributed by atoms with Crippen LogP contribution < -0.4 is 27.4 Å². The number of nitrogens with one attached hydrogen (secondary N) is 3. The molecule has 8 nitrogen and oxygen atoms in total. The Labute approximate surface area is 267 Å². The summed E-state index contributed by atoms with van der Waals surface area (Å²) in [6.07, 6.45) is 8.98. The van der Waals surface area contributed by atoms with Crippen molar-refractivity contribution in [3.63, 3.8) is 0 Å².